The van der Waals surface area contributed by atoms with Gasteiger partial charge in [-0.05, 0) is 81.1 Å². The van der Waals surface area contributed by atoms with Crippen molar-refractivity contribution in [2.45, 2.75) is 115 Å². The summed E-state index contributed by atoms with van der Waals surface area (Å²) in [7, 11) is 0. The molecule has 4 N–H and O–H groups in total. The Labute approximate surface area is 210 Å². The third-order valence-corrected chi connectivity index (χ3v) is 7.68. The predicted molar refractivity (Wildman–Crippen MR) is 139 cm³/mol. The van der Waals surface area contributed by atoms with Crippen LogP contribution in [0.15, 0.2) is 0 Å². The van der Waals surface area contributed by atoms with Gasteiger partial charge >= 0.3 is 0 Å². The van der Waals surface area contributed by atoms with E-state index in [2.05, 4.69) is 91.3 Å². The summed E-state index contributed by atoms with van der Waals surface area (Å²) in [6.45, 7) is 21.5. The first-order chi connectivity index (χ1) is 16.2. The van der Waals surface area contributed by atoms with Crippen LogP contribution in [0, 0.1) is 0 Å². The van der Waals surface area contributed by atoms with Crippen LogP contribution >= 0.6 is 0 Å². The molecular formula is C25H46N8O2. The van der Waals surface area contributed by atoms with Gasteiger partial charge in [0.1, 0.15) is 0 Å². The summed E-state index contributed by atoms with van der Waals surface area (Å²) in [5.41, 5.74) is 2.29. The van der Waals surface area contributed by atoms with E-state index in [0.717, 1.165) is 38.8 Å². The summed E-state index contributed by atoms with van der Waals surface area (Å²) in [5, 5.41) is 17.0. The molecule has 10 heteroatoms. The van der Waals surface area contributed by atoms with Gasteiger partial charge in [-0.15, -0.1) is 0 Å². The molecule has 1 aromatic rings. The Bertz CT molecular complexity index is 863. The number of ether oxygens (including phenoxy) is 1. The Hall–Kier alpha value is -1.75. The molecule has 0 amide bonds. The van der Waals surface area contributed by atoms with Crippen molar-refractivity contribution in [3.8, 4) is 0 Å². The maximum Gasteiger partial charge on any atom is 0.253 e. The Morgan fingerprint density at radius 1 is 0.829 bits per heavy atom. The lowest BCUT2D eigenvalue weighted by Crippen LogP contribution is -2.71. The van der Waals surface area contributed by atoms with Crippen LogP contribution in [0.4, 0.5) is 17.8 Å². The fourth-order valence-corrected chi connectivity index (χ4v) is 7.40. The number of hydrogen-bond donors (Lipinski definition) is 4. The molecule has 4 rings (SSSR count). The van der Waals surface area contributed by atoms with Gasteiger partial charge in [-0.3, -0.25) is 10.1 Å². The minimum Gasteiger partial charge on any atom is -0.378 e. The lowest BCUT2D eigenvalue weighted by atomic mass is 9.71. The Morgan fingerprint density at radius 2 is 1.37 bits per heavy atom. The molecule has 0 aromatic carbocycles. The lowest BCUT2D eigenvalue weighted by Gasteiger charge is -2.62. The summed E-state index contributed by atoms with van der Waals surface area (Å²) in [5.74, 6) is 1.20. The van der Waals surface area contributed by atoms with Crippen LogP contribution in [0.1, 0.15) is 81.1 Å². The number of aromatic nitrogens is 3. The molecule has 0 radical (unpaired) electrons. The summed E-state index contributed by atoms with van der Waals surface area (Å²) < 4.78 is 5.46. The second-order valence-corrected chi connectivity index (χ2v) is 13.2. The zero-order valence-electron chi connectivity index (χ0n) is 22.9. The van der Waals surface area contributed by atoms with Crippen molar-refractivity contribution in [1.82, 2.24) is 25.2 Å². The van der Waals surface area contributed by atoms with Crippen LogP contribution in [0.2, 0.25) is 0 Å². The van der Waals surface area contributed by atoms with Crippen molar-refractivity contribution in [2.75, 3.05) is 42.0 Å². The van der Waals surface area contributed by atoms with Crippen LogP contribution in [0.5, 0.6) is 0 Å². The average Bonchev–Trinajstić information content (AvgIpc) is 2.70. The highest BCUT2D eigenvalue weighted by atomic mass is 16.5. The van der Waals surface area contributed by atoms with Crippen LogP contribution in [-0.2, 0) is 4.74 Å². The molecule has 3 aliphatic rings. The zero-order chi connectivity index (χ0) is 25.6. The highest BCUT2D eigenvalue weighted by molar-refractivity contribution is 5.44. The number of nitrogens with zero attached hydrogens (tertiary/aromatic N) is 5. The SMILES string of the molecule is CC1(C)CC(N2C(C)(C)CC(Nc3nc(NO)nc(N4CCOCC4)n3)CC2(C)C)CC(C)(C)N1. The standard InChI is InChI=1S/C25H46N8O2/c1-22(2)15-18(16-23(3,4)31-22)33-24(5,6)13-17(14-25(33,7)8)26-19-27-20(30-34)29-21(28-19)32-9-11-35-12-10-32/h17-18,31,34H,9-16H2,1-8H3,(H2,26,27,28,29,30). The number of piperidine rings is 2. The van der Waals surface area contributed by atoms with Crippen LogP contribution in [0.3, 0.4) is 0 Å². The smallest absolute Gasteiger partial charge is 0.253 e. The summed E-state index contributed by atoms with van der Waals surface area (Å²) in [4.78, 5) is 18.3. The third-order valence-electron chi connectivity index (χ3n) is 7.68. The topological polar surface area (TPSA) is 111 Å². The van der Waals surface area contributed by atoms with E-state index in [1.54, 1.807) is 0 Å². The minimum absolute atomic E-state index is 0.00822. The van der Waals surface area contributed by atoms with Crippen molar-refractivity contribution in [1.29, 1.82) is 0 Å². The van der Waals surface area contributed by atoms with E-state index in [1.807, 2.05) is 0 Å². The van der Waals surface area contributed by atoms with Crippen molar-refractivity contribution < 1.29 is 9.94 Å². The van der Waals surface area contributed by atoms with Crippen LogP contribution < -0.4 is 21.0 Å². The molecule has 4 heterocycles. The Balaban J connectivity index is 1.54. The summed E-state index contributed by atoms with van der Waals surface area (Å²) in [6, 6.07) is 0.702. The average molecular weight is 491 g/mol. The lowest BCUT2D eigenvalue weighted by molar-refractivity contribution is -0.0920. The molecule has 0 saturated carbocycles. The summed E-state index contributed by atoms with van der Waals surface area (Å²) in [6.07, 6.45) is 4.20. The number of morpholine rings is 1. The van der Waals surface area contributed by atoms with Gasteiger partial charge in [0, 0.05) is 47.3 Å². The van der Waals surface area contributed by atoms with Gasteiger partial charge in [0.25, 0.3) is 5.95 Å². The van der Waals surface area contributed by atoms with E-state index in [9.17, 15) is 5.21 Å². The highest BCUT2D eigenvalue weighted by Gasteiger charge is 2.51. The van der Waals surface area contributed by atoms with Crippen molar-refractivity contribution in [3.05, 3.63) is 0 Å². The van der Waals surface area contributed by atoms with Crippen LogP contribution in [-0.4, -0.2) is 85.6 Å². The molecule has 0 bridgehead atoms. The van der Waals surface area contributed by atoms with Gasteiger partial charge in [-0.2, -0.15) is 15.0 Å². The molecule has 0 atom stereocenters. The molecule has 10 nitrogen and oxygen atoms in total. The van der Waals surface area contributed by atoms with E-state index in [4.69, 9.17) is 9.72 Å². The van der Waals surface area contributed by atoms with E-state index in [1.165, 1.54) is 0 Å². The maximum atomic E-state index is 9.53. The predicted octanol–water partition coefficient (Wildman–Crippen LogP) is 3.25. The van der Waals surface area contributed by atoms with Crippen molar-refractivity contribution >= 4 is 17.8 Å². The first-order valence-corrected chi connectivity index (χ1v) is 13.0. The van der Waals surface area contributed by atoms with E-state index >= 15 is 0 Å². The number of rotatable bonds is 5. The van der Waals surface area contributed by atoms with E-state index in [0.29, 0.717) is 31.2 Å². The van der Waals surface area contributed by atoms with Crippen LogP contribution in [0.25, 0.3) is 0 Å². The number of anilines is 3. The molecular weight excluding hydrogens is 444 g/mol. The van der Waals surface area contributed by atoms with Crippen molar-refractivity contribution in [2.24, 2.45) is 0 Å². The highest BCUT2D eigenvalue weighted by Crippen LogP contribution is 2.45. The molecule has 0 aliphatic carbocycles. The Kier molecular flexibility index (Phi) is 6.98. The number of likely N-dealkylation sites (tertiary alicyclic amines) is 1. The van der Waals surface area contributed by atoms with E-state index in [-0.39, 0.29) is 34.1 Å². The molecule has 0 spiro atoms. The molecule has 3 saturated heterocycles. The molecule has 3 fully saturated rings. The molecule has 198 valence electrons. The largest absolute Gasteiger partial charge is 0.378 e. The maximum absolute atomic E-state index is 9.53. The monoisotopic (exact) mass is 490 g/mol. The summed E-state index contributed by atoms with van der Waals surface area (Å²) >= 11 is 0. The molecule has 35 heavy (non-hydrogen) atoms. The molecule has 0 unspecified atom stereocenters. The number of hydrogen-bond acceptors (Lipinski definition) is 10. The second-order valence-electron chi connectivity index (χ2n) is 13.2. The fraction of sp³-hybridized carbons (Fsp3) is 0.880. The van der Waals surface area contributed by atoms with Gasteiger partial charge in [0.2, 0.25) is 11.9 Å². The van der Waals surface area contributed by atoms with Crippen molar-refractivity contribution in [3.63, 3.8) is 0 Å². The van der Waals surface area contributed by atoms with E-state index < -0.39 is 0 Å². The van der Waals surface area contributed by atoms with Gasteiger partial charge < -0.3 is 20.3 Å². The van der Waals surface area contributed by atoms with Gasteiger partial charge in [-0.1, -0.05) is 0 Å². The van der Waals surface area contributed by atoms with Gasteiger partial charge in [-0.25, -0.2) is 5.48 Å². The fourth-order valence-electron chi connectivity index (χ4n) is 7.40. The van der Waals surface area contributed by atoms with Gasteiger partial charge in [0.05, 0.1) is 13.2 Å². The van der Waals surface area contributed by atoms with Gasteiger partial charge in [0.15, 0.2) is 0 Å². The molecule has 1 aromatic heterocycles. The Morgan fingerprint density at radius 3 is 1.91 bits per heavy atom. The first kappa shape index (κ1) is 26.3. The zero-order valence-corrected chi connectivity index (χ0v) is 22.9. The third kappa shape index (κ3) is 5.98. The minimum atomic E-state index is -0.00822. The quantitative estimate of drug-likeness (QED) is 0.459. The number of nitrogens with one attached hydrogen (secondary N) is 3. The first-order valence-electron chi connectivity index (χ1n) is 13.0. The second kappa shape index (κ2) is 9.28. The molecule has 3 aliphatic heterocycles. The normalized spacial score (nSPS) is 26.9.